The van der Waals surface area contributed by atoms with Crippen molar-refractivity contribution in [3.63, 3.8) is 0 Å². The summed E-state index contributed by atoms with van der Waals surface area (Å²) in [6.45, 7) is 12.0. The molecule has 144 valence electrons. The molecule has 0 radical (unpaired) electrons. The van der Waals surface area contributed by atoms with Gasteiger partial charge in [-0.25, -0.2) is 4.79 Å². The lowest BCUT2D eigenvalue weighted by atomic mass is 9.63. The number of fused-ring (bicyclic) bond motifs is 1. The quantitative estimate of drug-likeness (QED) is 0.628. The number of ether oxygens (including phenoxy) is 2. The number of carbonyl (C=O) groups is 1. The van der Waals surface area contributed by atoms with Crippen LogP contribution in [-0.2, 0) is 22.2 Å². The normalized spacial score (nSPS) is 17.1. The fraction of sp³-hybridized carbons (Fsp3) is 0.458. The first-order chi connectivity index (χ1) is 12.7. The predicted octanol–water partition coefficient (Wildman–Crippen LogP) is 5.79. The van der Waals surface area contributed by atoms with Gasteiger partial charge in [-0.2, -0.15) is 0 Å². The summed E-state index contributed by atoms with van der Waals surface area (Å²) in [7, 11) is 0. The van der Waals surface area contributed by atoms with Crippen molar-refractivity contribution in [2.45, 2.75) is 64.9 Å². The summed E-state index contributed by atoms with van der Waals surface area (Å²) in [5, 5.41) is 0. The maximum Gasteiger partial charge on any atom is 0.338 e. The van der Waals surface area contributed by atoms with Crippen molar-refractivity contribution in [2.24, 2.45) is 0 Å². The molecule has 0 heterocycles. The highest BCUT2D eigenvalue weighted by Gasteiger charge is 2.36. The first kappa shape index (κ1) is 19.5. The Morgan fingerprint density at radius 1 is 0.926 bits per heavy atom. The molecular formula is C24H30O3. The third-order valence-electron chi connectivity index (χ3n) is 5.69. The summed E-state index contributed by atoms with van der Waals surface area (Å²) in [5.41, 5.74) is 5.05. The van der Waals surface area contributed by atoms with E-state index in [9.17, 15) is 4.79 Å². The fourth-order valence-corrected chi connectivity index (χ4v) is 3.79. The summed E-state index contributed by atoms with van der Waals surface area (Å²) in [5.74, 6) is 0.448. The average molecular weight is 367 g/mol. The molecule has 1 aliphatic rings. The smallest absolute Gasteiger partial charge is 0.338 e. The second-order valence-corrected chi connectivity index (χ2v) is 8.68. The van der Waals surface area contributed by atoms with E-state index < -0.39 is 0 Å². The van der Waals surface area contributed by atoms with E-state index in [1.54, 1.807) is 19.1 Å². The molecule has 0 N–H and O–H groups in total. The Morgan fingerprint density at radius 2 is 1.56 bits per heavy atom. The molecule has 0 atom stereocenters. The van der Waals surface area contributed by atoms with Gasteiger partial charge in [0.1, 0.15) is 12.4 Å². The lowest BCUT2D eigenvalue weighted by molar-refractivity contribution is 0.0526. The molecule has 2 aromatic carbocycles. The Labute approximate surface area is 162 Å². The number of esters is 1. The lowest BCUT2D eigenvalue weighted by Crippen LogP contribution is -2.33. The SMILES string of the molecule is CCOC(=O)c1ccc(OCc2ccc3c(c2)C(C)(C)CCC3(C)C)cc1. The predicted molar refractivity (Wildman–Crippen MR) is 108 cm³/mol. The molecule has 0 amide bonds. The van der Waals surface area contributed by atoms with Crippen LogP contribution in [0.25, 0.3) is 0 Å². The summed E-state index contributed by atoms with van der Waals surface area (Å²) in [4.78, 5) is 11.7. The second-order valence-electron chi connectivity index (χ2n) is 8.68. The monoisotopic (exact) mass is 366 g/mol. The van der Waals surface area contributed by atoms with Gasteiger partial charge in [0.05, 0.1) is 12.2 Å². The van der Waals surface area contributed by atoms with Gasteiger partial charge in [0.2, 0.25) is 0 Å². The van der Waals surface area contributed by atoms with Crippen LogP contribution in [0.5, 0.6) is 5.75 Å². The zero-order valence-corrected chi connectivity index (χ0v) is 17.1. The molecule has 0 aliphatic heterocycles. The summed E-state index contributed by atoms with van der Waals surface area (Å²) in [6, 6.07) is 13.9. The van der Waals surface area contributed by atoms with E-state index in [-0.39, 0.29) is 16.8 Å². The van der Waals surface area contributed by atoms with Crippen LogP contribution < -0.4 is 4.74 Å². The summed E-state index contributed by atoms with van der Waals surface area (Å²) < 4.78 is 11.0. The van der Waals surface area contributed by atoms with Crippen molar-refractivity contribution in [3.8, 4) is 5.75 Å². The van der Waals surface area contributed by atoms with Crippen LogP contribution in [0.2, 0.25) is 0 Å². The lowest BCUT2D eigenvalue weighted by Gasteiger charge is -2.42. The van der Waals surface area contributed by atoms with Crippen LogP contribution >= 0.6 is 0 Å². The molecule has 0 saturated heterocycles. The van der Waals surface area contributed by atoms with Crippen LogP contribution in [0.3, 0.4) is 0 Å². The molecule has 1 aliphatic carbocycles. The second kappa shape index (κ2) is 7.38. The zero-order valence-electron chi connectivity index (χ0n) is 17.1. The Hall–Kier alpha value is -2.29. The average Bonchev–Trinajstić information content (AvgIpc) is 2.64. The minimum absolute atomic E-state index is 0.197. The zero-order chi connectivity index (χ0) is 19.7. The van der Waals surface area contributed by atoms with E-state index >= 15 is 0 Å². The molecule has 3 rings (SSSR count). The number of carbonyl (C=O) groups excluding carboxylic acids is 1. The van der Waals surface area contributed by atoms with Gasteiger partial charge in [0.15, 0.2) is 0 Å². The van der Waals surface area contributed by atoms with Crippen LogP contribution in [0.4, 0.5) is 0 Å². The van der Waals surface area contributed by atoms with Crippen LogP contribution in [0.15, 0.2) is 42.5 Å². The van der Waals surface area contributed by atoms with E-state index in [2.05, 4.69) is 45.9 Å². The van der Waals surface area contributed by atoms with Gasteiger partial charge in [-0.05, 0) is 71.6 Å². The molecule has 0 bridgehead atoms. The standard InChI is InChI=1S/C24H30O3/c1-6-26-22(25)18-8-10-19(11-9-18)27-16-17-7-12-20-21(15-17)24(4,5)14-13-23(20,2)3/h7-12,15H,6,13-14,16H2,1-5H3. The van der Waals surface area contributed by atoms with Crippen molar-refractivity contribution in [2.75, 3.05) is 6.61 Å². The van der Waals surface area contributed by atoms with E-state index in [1.165, 1.54) is 29.5 Å². The molecule has 0 aromatic heterocycles. The van der Waals surface area contributed by atoms with Gasteiger partial charge in [0, 0.05) is 0 Å². The van der Waals surface area contributed by atoms with E-state index in [4.69, 9.17) is 9.47 Å². The van der Waals surface area contributed by atoms with Crippen LogP contribution in [0.1, 0.15) is 74.5 Å². The number of hydrogen-bond acceptors (Lipinski definition) is 3. The van der Waals surface area contributed by atoms with Gasteiger partial charge >= 0.3 is 5.97 Å². The molecule has 3 nitrogen and oxygen atoms in total. The molecule has 0 unspecified atom stereocenters. The van der Waals surface area contributed by atoms with Crippen LogP contribution in [0, 0.1) is 0 Å². The molecular weight excluding hydrogens is 336 g/mol. The Bertz CT molecular complexity index is 816. The van der Waals surface area contributed by atoms with Gasteiger partial charge in [0.25, 0.3) is 0 Å². The van der Waals surface area contributed by atoms with Crippen molar-refractivity contribution in [1.29, 1.82) is 0 Å². The van der Waals surface area contributed by atoms with E-state index in [0.29, 0.717) is 18.8 Å². The number of hydrogen-bond donors (Lipinski definition) is 0. The largest absolute Gasteiger partial charge is 0.489 e. The minimum atomic E-state index is -0.302. The fourth-order valence-electron chi connectivity index (χ4n) is 3.79. The number of benzene rings is 2. The summed E-state index contributed by atoms with van der Waals surface area (Å²) >= 11 is 0. The van der Waals surface area contributed by atoms with Crippen molar-refractivity contribution in [1.82, 2.24) is 0 Å². The Morgan fingerprint density at radius 3 is 2.19 bits per heavy atom. The Kier molecular flexibility index (Phi) is 5.32. The molecule has 0 fully saturated rings. The van der Waals surface area contributed by atoms with Crippen molar-refractivity contribution >= 4 is 5.97 Å². The summed E-state index contributed by atoms with van der Waals surface area (Å²) in [6.07, 6.45) is 2.42. The van der Waals surface area contributed by atoms with Gasteiger partial charge < -0.3 is 9.47 Å². The maximum absolute atomic E-state index is 11.7. The third kappa shape index (κ3) is 4.18. The van der Waals surface area contributed by atoms with E-state index in [1.807, 2.05) is 12.1 Å². The van der Waals surface area contributed by atoms with Gasteiger partial charge in [-0.1, -0.05) is 45.9 Å². The van der Waals surface area contributed by atoms with Crippen molar-refractivity contribution in [3.05, 3.63) is 64.7 Å². The van der Waals surface area contributed by atoms with Gasteiger partial charge in [-0.15, -0.1) is 0 Å². The first-order valence-corrected chi connectivity index (χ1v) is 9.77. The first-order valence-electron chi connectivity index (χ1n) is 9.77. The number of rotatable bonds is 5. The highest BCUT2D eigenvalue weighted by atomic mass is 16.5. The molecule has 3 heteroatoms. The maximum atomic E-state index is 11.7. The molecule has 27 heavy (non-hydrogen) atoms. The minimum Gasteiger partial charge on any atom is -0.489 e. The third-order valence-corrected chi connectivity index (χ3v) is 5.69. The van der Waals surface area contributed by atoms with Gasteiger partial charge in [-0.3, -0.25) is 0 Å². The molecule has 0 saturated carbocycles. The molecule has 0 spiro atoms. The van der Waals surface area contributed by atoms with Crippen molar-refractivity contribution < 1.29 is 14.3 Å². The highest BCUT2D eigenvalue weighted by Crippen LogP contribution is 2.45. The highest BCUT2D eigenvalue weighted by molar-refractivity contribution is 5.89. The Balaban J connectivity index is 1.73. The molecule has 2 aromatic rings. The van der Waals surface area contributed by atoms with Crippen LogP contribution in [-0.4, -0.2) is 12.6 Å². The topological polar surface area (TPSA) is 35.5 Å². The van der Waals surface area contributed by atoms with E-state index in [0.717, 1.165) is 5.75 Å².